The Bertz CT molecular complexity index is 473. The number of nitrogens with zero attached hydrogens (tertiary/aromatic N) is 1. The van der Waals surface area contributed by atoms with Gasteiger partial charge < -0.3 is 5.11 Å². The molecule has 1 atom stereocenters. The Morgan fingerprint density at radius 3 is 2.65 bits per heavy atom. The number of aliphatic hydroxyl groups excluding tert-OH is 1. The summed E-state index contributed by atoms with van der Waals surface area (Å²) in [6, 6.07) is 13.8. The van der Waals surface area contributed by atoms with Gasteiger partial charge in [0.2, 0.25) is 0 Å². The Morgan fingerprint density at radius 2 is 1.94 bits per heavy atom. The first-order chi connectivity index (χ1) is 8.31. The first-order valence-corrected chi connectivity index (χ1v) is 6.48. The molecule has 0 spiro atoms. The van der Waals surface area contributed by atoms with Crippen molar-refractivity contribution >= 4 is 11.8 Å². The van der Waals surface area contributed by atoms with Gasteiger partial charge in [0.1, 0.15) is 5.03 Å². The highest BCUT2D eigenvalue weighted by Crippen LogP contribution is 2.32. The van der Waals surface area contributed by atoms with Crippen LogP contribution in [0.2, 0.25) is 0 Å². The van der Waals surface area contributed by atoms with Crippen LogP contribution in [0.5, 0.6) is 0 Å². The lowest BCUT2D eigenvalue weighted by molar-refractivity contribution is 0.171. The number of rotatable bonds is 4. The molecule has 1 aromatic carbocycles. The third-order valence-corrected chi connectivity index (χ3v) is 3.56. The Balaban J connectivity index is 2.27. The van der Waals surface area contributed by atoms with Crippen molar-refractivity contribution in [2.45, 2.75) is 29.4 Å². The van der Waals surface area contributed by atoms with Gasteiger partial charge in [-0.05, 0) is 30.2 Å². The highest BCUT2D eigenvalue weighted by molar-refractivity contribution is 7.99. The third kappa shape index (κ3) is 3.08. The first kappa shape index (κ1) is 12.1. The highest BCUT2D eigenvalue weighted by Gasteiger charge is 2.11. The Kier molecular flexibility index (Phi) is 4.18. The third-order valence-electron chi connectivity index (χ3n) is 2.52. The second kappa shape index (κ2) is 5.84. The minimum atomic E-state index is -0.401. The zero-order valence-corrected chi connectivity index (χ0v) is 10.5. The van der Waals surface area contributed by atoms with E-state index in [1.54, 1.807) is 18.0 Å². The number of benzene rings is 1. The van der Waals surface area contributed by atoms with Crippen LogP contribution in [0.15, 0.2) is 58.6 Å². The molecule has 0 aliphatic rings. The Morgan fingerprint density at radius 1 is 1.18 bits per heavy atom. The van der Waals surface area contributed by atoms with Crippen LogP contribution in [0.25, 0.3) is 0 Å². The van der Waals surface area contributed by atoms with Crippen LogP contribution in [-0.4, -0.2) is 10.1 Å². The van der Waals surface area contributed by atoms with Gasteiger partial charge in [-0.25, -0.2) is 4.98 Å². The van der Waals surface area contributed by atoms with E-state index in [0.29, 0.717) is 0 Å². The van der Waals surface area contributed by atoms with Crippen molar-refractivity contribution in [1.82, 2.24) is 4.98 Å². The summed E-state index contributed by atoms with van der Waals surface area (Å²) < 4.78 is 0. The molecule has 0 amide bonds. The van der Waals surface area contributed by atoms with Gasteiger partial charge in [-0.3, -0.25) is 0 Å². The van der Waals surface area contributed by atoms with Crippen LogP contribution in [-0.2, 0) is 0 Å². The van der Waals surface area contributed by atoms with Crippen molar-refractivity contribution in [3.05, 3.63) is 54.2 Å². The average molecular weight is 245 g/mol. The molecular weight excluding hydrogens is 230 g/mol. The van der Waals surface area contributed by atoms with Crippen molar-refractivity contribution in [1.29, 1.82) is 0 Å². The molecule has 3 heteroatoms. The quantitative estimate of drug-likeness (QED) is 0.892. The molecule has 0 aliphatic heterocycles. The first-order valence-electron chi connectivity index (χ1n) is 5.67. The van der Waals surface area contributed by atoms with Crippen LogP contribution in [0.1, 0.15) is 25.0 Å². The maximum absolute atomic E-state index is 9.95. The summed E-state index contributed by atoms with van der Waals surface area (Å²) in [6.45, 7) is 1.98. The lowest BCUT2D eigenvalue weighted by Gasteiger charge is -2.12. The van der Waals surface area contributed by atoms with Crippen molar-refractivity contribution in [2.24, 2.45) is 0 Å². The van der Waals surface area contributed by atoms with Crippen LogP contribution in [0.4, 0.5) is 0 Å². The fourth-order valence-corrected chi connectivity index (χ4v) is 2.54. The van der Waals surface area contributed by atoms with Crippen LogP contribution in [0.3, 0.4) is 0 Å². The lowest BCUT2D eigenvalue weighted by atomic mass is 10.1. The highest BCUT2D eigenvalue weighted by atomic mass is 32.2. The van der Waals surface area contributed by atoms with E-state index in [0.717, 1.165) is 21.9 Å². The zero-order valence-electron chi connectivity index (χ0n) is 9.71. The molecule has 88 valence electrons. The molecule has 1 aromatic heterocycles. The molecule has 0 radical (unpaired) electrons. The molecule has 1 N–H and O–H groups in total. The molecule has 0 saturated carbocycles. The normalized spacial score (nSPS) is 12.4. The Hall–Kier alpha value is -1.32. The maximum atomic E-state index is 9.95. The predicted octanol–water partition coefficient (Wildman–Crippen LogP) is 3.68. The van der Waals surface area contributed by atoms with Gasteiger partial charge in [-0.15, -0.1) is 0 Å². The minimum Gasteiger partial charge on any atom is -0.388 e. The molecule has 0 aliphatic carbocycles. The number of hydrogen-bond acceptors (Lipinski definition) is 3. The summed E-state index contributed by atoms with van der Waals surface area (Å²) in [7, 11) is 0. The van der Waals surface area contributed by atoms with E-state index in [2.05, 4.69) is 4.98 Å². The van der Waals surface area contributed by atoms with Crippen molar-refractivity contribution in [2.75, 3.05) is 0 Å². The van der Waals surface area contributed by atoms with E-state index in [4.69, 9.17) is 0 Å². The molecule has 2 rings (SSSR count). The summed E-state index contributed by atoms with van der Waals surface area (Å²) in [5.74, 6) is 0. The molecule has 17 heavy (non-hydrogen) atoms. The van der Waals surface area contributed by atoms with E-state index in [-0.39, 0.29) is 0 Å². The standard InChI is InChI=1S/C14H15NOS/c1-2-12(16)11-7-3-4-8-13(11)17-14-9-5-6-10-15-14/h3-10,12,16H,2H2,1H3. The summed E-state index contributed by atoms with van der Waals surface area (Å²) in [5.41, 5.74) is 0.977. The zero-order chi connectivity index (χ0) is 12.1. The van der Waals surface area contributed by atoms with Crippen LogP contribution < -0.4 is 0 Å². The fourth-order valence-electron chi connectivity index (χ4n) is 1.59. The van der Waals surface area contributed by atoms with Crippen molar-refractivity contribution in [3.8, 4) is 0 Å². The molecular formula is C14H15NOS. The number of aliphatic hydroxyl groups is 1. The van der Waals surface area contributed by atoms with Gasteiger partial charge in [0.05, 0.1) is 6.10 Å². The molecule has 0 fully saturated rings. The van der Waals surface area contributed by atoms with E-state index in [9.17, 15) is 5.11 Å². The topological polar surface area (TPSA) is 33.1 Å². The summed E-state index contributed by atoms with van der Waals surface area (Å²) in [6.07, 6.45) is 2.10. The number of hydrogen-bond donors (Lipinski definition) is 1. The second-order valence-electron chi connectivity index (χ2n) is 3.73. The van der Waals surface area contributed by atoms with E-state index >= 15 is 0 Å². The van der Waals surface area contributed by atoms with Gasteiger partial charge >= 0.3 is 0 Å². The predicted molar refractivity (Wildman–Crippen MR) is 70.1 cm³/mol. The van der Waals surface area contributed by atoms with E-state index in [1.807, 2.05) is 49.4 Å². The fraction of sp³-hybridized carbons (Fsp3) is 0.214. The smallest absolute Gasteiger partial charge is 0.101 e. The van der Waals surface area contributed by atoms with E-state index in [1.165, 1.54) is 0 Å². The van der Waals surface area contributed by atoms with Gasteiger partial charge in [0.25, 0.3) is 0 Å². The summed E-state index contributed by atoms with van der Waals surface area (Å²) >= 11 is 1.59. The van der Waals surface area contributed by atoms with Crippen LogP contribution in [0, 0.1) is 0 Å². The van der Waals surface area contributed by atoms with E-state index < -0.39 is 6.10 Å². The van der Waals surface area contributed by atoms with Crippen LogP contribution >= 0.6 is 11.8 Å². The molecule has 1 unspecified atom stereocenters. The van der Waals surface area contributed by atoms with Gasteiger partial charge in [-0.2, -0.15) is 0 Å². The molecule has 0 bridgehead atoms. The largest absolute Gasteiger partial charge is 0.388 e. The number of pyridine rings is 1. The molecule has 0 saturated heterocycles. The van der Waals surface area contributed by atoms with Gasteiger partial charge in [-0.1, -0.05) is 43.0 Å². The Labute approximate surface area is 106 Å². The molecule has 1 heterocycles. The molecule has 2 nitrogen and oxygen atoms in total. The minimum absolute atomic E-state index is 0.401. The second-order valence-corrected chi connectivity index (χ2v) is 4.79. The summed E-state index contributed by atoms with van der Waals surface area (Å²) in [4.78, 5) is 5.35. The maximum Gasteiger partial charge on any atom is 0.101 e. The lowest BCUT2D eigenvalue weighted by Crippen LogP contribution is -1.97. The number of aromatic nitrogens is 1. The average Bonchev–Trinajstić information content (AvgIpc) is 2.40. The SMILES string of the molecule is CCC(O)c1ccccc1Sc1ccccn1. The molecule has 2 aromatic rings. The van der Waals surface area contributed by atoms with Gasteiger partial charge in [0.15, 0.2) is 0 Å². The van der Waals surface area contributed by atoms with Crippen molar-refractivity contribution in [3.63, 3.8) is 0 Å². The monoisotopic (exact) mass is 245 g/mol. The van der Waals surface area contributed by atoms with Crippen molar-refractivity contribution < 1.29 is 5.11 Å². The van der Waals surface area contributed by atoms with Gasteiger partial charge in [0, 0.05) is 11.1 Å². The summed E-state index contributed by atoms with van der Waals surface area (Å²) in [5, 5.41) is 10.9.